The largest absolute Gasteiger partial charge is 0.478 e. The molecule has 1 N–H and O–H groups in total. The number of piperidine rings is 1. The van der Waals surface area contributed by atoms with Gasteiger partial charge in [-0.25, -0.2) is 4.98 Å². The van der Waals surface area contributed by atoms with Crippen molar-refractivity contribution >= 4 is 5.91 Å². The minimum atomic E-state index is -0.110. The van der Waals surface area contributed by atoms with Gasteiger partial charge in [-0.3, -0.25) is 9.69 Å². The molecule has 1 aliphatic heterocycles. The normalized spacial score (nSPS) is 14.8. The second-order valence-corrected chi connectivity index (χ2v) is 6.60. The average molecular weight is 353 g/mol. The first-order chi connectivity index (χ1) is 12.8. The highest BCUT2D eigenvalue weighted by molar-refractivity contribution is 5.94. The van der Waals surface area contributed by atoms with Gasteiger partial charge in [0, 0.05) is 30.9 Å². The molecule has 26 heavy (non-hydrogen) atoms. The van der Waals surface area contributed by atoms with E-state index in [1.165, 1.54) is 30.4 Å². The number of ether oxygens (including phenoxy) is 1. The Morgan fingerprint density at radius 3 is 2.69 bits per heavy atom. The van der Waals surface area contributed by atoms with E-state index in [2.05, 4.69) is 33.4 Å². The van der Waals surface area contributed by atoms with Gasteiger partial charge in [-0.1, -0.05) is 30.7 Å². The SMILES string of the molecule is CCOc1cc(C(=O)NCc2ccccc2CN2CCCCC2)ccn1. The Labute approximate surface area is 155 Å². The predicted molar refractivity (Wildman–Crippen MR) is 102 cm³/mol. The number of carbonyl (C=O) groups is 1. The lowest BCUT2D eigenvalue weighted by atomic mass is 10.0. The van der Waals surface area contributed by atoms with Crippen LogP contribution < -0.4 is 10.1 Å². The van der Waals surface area contributed by atoms with Gasteiger partial charge in [-0.05, 0) is 50.0 Å². The summed E-state index contributed by atoms with van der Waals surface area (Å²) in [6, 6.07) is 11.7. The van der Waals surface area contributed by atoms with Crippen LogP contribution in [-0.4, -0.2) is 35.5 Å². The topological polar surface area (TPSA) is 54.5 Å². The van der Waals surface area contributed by atoms with Gasteiger partial charge in [0.25, 0.3) is 5.91 Å². The van der Waals surface area contributed by atoms with Crippen LogP contribution in [0, 0.1) is 0 Å². The minimum Gasteiger partial charge on any atom is -0.478 e. The molecule has 0 saturated carbocycles. The fourth-order valence-corrected chi connectivity index (χ4v) is 3.30. The van der Waals surface area contributed by atoms with Crippen molar-refractivity contribution in [1.29, 1.82) is 0 Å². The summed E-state index contributed by atoms with van der Waals surface area (Å²) in [5, 5.41) is 3.02. The molecule has 1 fully saturated rings. The van der Waals surface area contributed by atoms with Crippen LogP contribution in [0.1, 0.15) is 47.7 Å². The molecule has 0 radical (unpaired) electrons. The smallest absolute Gasteiger partial charge is 0.251 e. The van der Waals surface area contributed by atoms with E-state index >= 15 is 0 Å². The summed E-state index contributed by atoms with van der Waals surface area (Å²) in [5.74, 6) is 0.367. The number of likely N-dealkylation sites (tertiary alicyclic amines) is 1. The molecule has 0 aliphatic carbocycles. The Kier molecular flexibility index (Phi) is 6.61. The maximum Gasteiger partial charge on any atom is 0.251 e. The maximum atomic E-state index is 12.5. The number of nitrogens with zero attached hydrogens (tertiary/aromatic N) is 2. The van der Waals surface area contributed by atoms with Crippen LogP contribution in [-0.2, 0) is 13.1 Å². The van der Waals surface area contributed by atoms with E-state index in [-0.39, 0.29) is 5.91 Å². The second kappa shape index (κ2) is 9.34. The first kappa shape index (κ1) is 18.4. The molecule has 0 atom stereocenters. The third-order valence-corrected chi connectivity index (χ3v) is 4.69. The predicted octanol–water partition coefficient (Wildman–Crippen LogP) is 3.40. The number of aromatic nitrogens is 1. The number of carbonyl (C=O) groups excluding carboxylic acids is 1. The monoisotopic (exact) mass is 353 g/mol. The highest BCUT2D eigenvalue weighted by atomic mass is 16.5. The van der Waals surface area contributed by atoms with E-state index in [0.29, 0.717) is 24.6 Å². The van der Waals surface area contributed by atoms with Gasteiger partial charge in [0.1, 0.15) is 0 Å². The highest BCUT2D eigenvalue weighted by Gasteiger charge is 2.13. The molecule has 5 heteroatoms. The fraction of sp³-hybridized carbons (Fsp3) is 0.429. The molecule has 5 nitrogen and oxygen atoms in total. The molecule has 3 rings (SSSR count). The molecule has 0 bridgehead atoms. The molecule has 1 aliphatic rings. The molecule has 138 valence electrons. The first-order valence-electron chi connectivity index (χ1n) is 9.42. The zero-order valence-corrected chi connectivity index (χ0v) is 15.4. The Bertz CT molecular complexity index is 727. The van der Waals surface area contributed by atoms with Crippen LogP contribution in [0.25, 0.3) is 0 Å². The molecule has 1 aromatic heterocycles. The number of amides is 1. The maximum absolute atomic E-state index is 12.5. The van der Waals surface area contributed by atoms with Gasteiger partial charge in [0.15, 0.2) is 0 Å². The summed E-state index contributed by atoms with van der Waals surface area (Å²) >= 11 is 0. The number of pyridine rings is 1. The van der Waals surface area contributed by atoms with Crippen molar-refractivity contribution in [2.24, 2.45) is 0 Å². The lowest BCUT2D eigenvalue weighted by Gasteiger charge is -2.27. The lowest BCUT2D eigenvalue weighted by molar-refractivity contribution is 0.0950. The van der Waals surface area contributed by atoms with Crippen LogP contribution in [0.5, 0.6) is 5.88 Å². The summed E-state index contributed by atoms with van der Waals surface area (Å²) in [7, 11) is 0. The van der Waals surface area contributed by atoms with Crippen molar-refractivity contribution in [2.75, 3.05) is 19.7 Å². The van der Waals surface area contributed by atoms with Crippen LogP contribution in [0.15, 0.2) is 42.6 Å². The van der Waals surface area contributed by atoms with E-state index in [4.69, 9.17) is 4.74 Å². The Hall–Kier alpha value is -2.40. The molecule has 0 spiro atoms. The van der Waals surface area contributed by atoms with Crippen molar-refractivity contribution in [1.82, 2.24) is 15.2 Å². The number of benzene rings is 1. The van der Waals surface area contributed by atoms with Crippen molar-refractivity contribution in [3.63, 3.8) is 0 Å². The third kappa shape index (κ3) is 5.05. The van der Waals surface area contributed by atoms with E-state index in [1.807, 2.05) is 13.0 Å². The fourth-order valence-electron chi connectivity index (χ4n) is 3.30. The summed E-state index contributed by atoms with van der Waals surface area (Å²) in [6.45, 7) is 6.23. The van der Waals surface area contributed by atoms with E-state index in [9.17, 15) is 4.79 Å². The van der Waals surface area contributed by atoms with E-state index in [0.717, 1.165) is 19.6 Å². The summed E-state index contributed by atoms with van der Waals surface area (Å²) in [5.41, 5.74) is 3.03. The molecule has 0 unspecified atom stereocenters. The number of hydrogen-bond donors (Lipinski definition) is 1. The molecule has 2 heterocycles. The Morgan fingerprint density at radius 1 is 1.15 bits per heavy atom. The summed E-state index contributed by atoms with van der Waals surface area (Å²) in [6.07, 6.45) is 5.50. The van der Waals surface area contributed by atoms with Gasteiger partial charge < -0.3 is 10.1 Å². The van der Waals surface area contributed by atoms with Crippen molar-refractivity contribution in [3.8, 4) is 5.88 Å². The molecule has 1 amide bonds. The van der Waals surface area contributed by atoms with Gasteiger partial charge in [-0.15, -0.1) is 0 Å². The highest BCUT2D eigenvalue weighted by Crippen LogP contribution is 2.16. The first-order valence-corrected chi connectivity index (χ1v) is 9.42. The van der Waals surface area contributed by atoms with Crippen molar-refractivity contribution in [2.45, 2.75) is 39.3 Å². The van der Waals surface area contributed by atoms with Gasteiger partial charge in [0.2, 0.25) is 5.88 Å². The quantitative estimate of drug-likeness (QED) is 0.829. The van der Waals surface area contributed by atoms with Crippen LogP contribution >= 0.6 is 0 Å². The average Bonchev–Trinajstić information content (AvgIpc) is 2.68. The molecular formula is C21H27N3O2. The van der Waals surface area contributed by atoms with Crippen LogP contribution in [0.2, 0.25) is 0 Å². The number of nitrogens with one attached hydrogen (secondary N) is 1. The molecule has 1 saturated heterocycles. The standard InChI is InChI=1S/C21H27N3O2/c1-2-26-20-14-17(10-11-22-20)21(25)23-15-18-8-4-5-9-19(18)16-24-12-6-3-7-13-24/h4-5,8-11,14H,2-3,6-7,12-13,15-16H2,1H3,(H,23,25). The molecule has 1 aromatic carbocycles. The number of hydrogen-bond acceptors (Lipinski definition) is 4. The van der Waals surface area contributed by atoms with Gasteiger partial charge in [0.05, 0.1) is 6.61 Å². The van der Waals surface area contributed by atoms with Crippen molar-refractivity contribution < 1.29 is 9.53 Å². The minimum absolute atomic E-state index is 0.110. The van der Waals surface area contributed by atoms with Crippen LogP contribution in [0.4, 0.5) is 0 Å². The zero-order valence-electron chi connectivity index (χ0n) is 15.4. The van der Waals surface area contributed by atoms with Crippen LogP contribution in [0.3, 0.4) is 0 Å². The Morgan fingerprint density at radius 2 is 1.92 bits per heavy atom. The van der Waals surface area contributed by atoms with E-state index in [1.54, 1.807) is 18.3 Å². The summed E-state index contributed by atoms with van der Waals surface area (Å²) < 4.78 is 5.37. The second-order valence-electron chi connectivity index (χ2n) is 6.60. The lowest BCUT2D eigenvalue weighted by Crippen LogP contribution is -2.30. The van der Waals surface area contributed by atoms with E-state index < -0.39 is 0 Å². The van der Waals surface area contributed by atoms with Gasteiger partial charge >= 0.3 is 0 Å². The molecule has 2 aromatic rings. The van der Waals surface area contributed by atoms with Crippen molar-refractivity contribution in [3.05, 3.63) is 59.3 Å². The number of rotatable bonds is 7. The van der Waals surface area contributed by atoms with Gasteiger partial charge in [-0.2, -0.15) is 0 Å². The summed E-state index contributed by atoms with van der Waals surface area (Å²) in [4.78, 5) is 19.1. The Balaban J connectivity index is 1.62. The zero-order chi connectivity index (χ0) is 18.2. The third-order valence-electron chi connectivity index (χ3n) is 4.69. The molecular weight excluding hydrogens is 326 g/mol.